The predicted molar refractivity (Wildman–Crippen MR) is 113 cm³/mol. The van der Waals surface area contributed by atoms with Crippen LogP contribution >= 0.6 is 0 Å². The van der Waals surface area contributed by atoms with Gasteiger partial charge in [0.15, 0.2) is 0 Å². The molecule has 0 unspecified atom stereocenters. The van der Waals surface area contributed by atoms with Crippen LogP contribution in [0.25, 0.3) is 0 Å². The zero-order valence-electron chi connectivity index (χ0n) is 17.0. The number of hydrazone groups is 1. The highest BCUT2D eigenvalue weighted by Gasteiger charge is 2.07. The van der Waals surface area contributed by atoms with Gasteiger partial charge in [-0.3, -0.25) is 9.59 Å². The third kappa shape index (κ3) is 8.47. The maximum atomic E-state index is 11.9. The van der Waals surface area contributed by atoms with Crippen LogP contribution in [-0.2, 0) is 9.59 Å². The number of methoxy groups -OCH3 is 1. The van der Waals surface area contributed by atoms with Gasteiger partial charge in [0.05, 0.1) is 19.9 Å². The second-order valence-corrected chi connectivity index (χ2v) is 6.84. The van der Waals surface area contributed by atoms with Gasteiger partial charge in [-0.15, -0.1) is 0 Å². The van der Waals surface area contributed by atoms with Crippen molar-refractivity contribution in [3.63, 3.8) is 0 Å². The first-order valence-corrected chi connectivity index (χ1v) is 9.45. The van der Waals surface area contributed by atoms with Crippen molar-refractivity contribution >= 4 is 23.7 Å². The van der Waals surface area contributed by atoms with E-state index < -0.39 is 0 Å². The Morgan fingerprint density at radius 1 is 0.966 bits per heavy atom. The highest BCUT2D eigenvalue weighted by molar-refractivity contribution is 5.93. The summed E-state index contributed by atoms with van der Waals surface area (Å²) >= 11 is 0. The Balaban J connectivity index is 1.69. The number of nitrogens with one attached hydrogen (secondary N) is 2. The molecule has 0 aliphatic rings. The monoisotopic (exact) mass is 397 g/mol. The summed E-state index contributed by atoms with van der Waals surface area (Å²) in [6.45, 7) is 4.84. The smallest absolute Gasteiger partial charge is 0.240 e. The second kappa shape index (κ2) is 11.5. The maximum Gasteiger partial charge on any atom is 0.240 e. The molecular weight excluding hydrogens is 370 g/mol. The molecule has 7 heteroatoms. The summed E-state index contributed by atoms with van der Waals surface area (Å²) in [6, 6.07) is 14.4. The molecule has 2 aromatic carbocycles. The van der Waals surface area contributed by atoms with Gasteiger partial charge in [0.2, 0.25) is 11.8 Å². The molecule has 0 radical (unpaired) electrons. The molecule has 2 N–H and O–H groups in total. The van der Waals surface area contributed by atoms with Crippen molar-refractivity contribution < 1.29 is 19.1 Å². The Kier molecular flexibility index (Phi) is 8.69. The first kappa shape index (κ1) is 21.9. The van der Waals surface area contributed by atoms with Crippen LogP contribution in [0.4, 0.5) is 5.69 Å². The maximum absolute atomic E-state index is 11.9. The van der Waals surface area contributed by atoms with Gasteiger partial charge in [0.25, 0.3) is 0 Å². The van der Waals surface area contributed by atoms with Crippen LogP contribution in [0.5, 0.6) is 11.5 Å². The number of hydrogen-bond donors (Lipinski definition) is 2. The third-order valence-electron chi connectivity index (χ3n) is 3.82. The Labute approximate surface area is 171 Å². The largest absolute Gasteiger partial charge is 0.497 e. The second-order valence-electron chi connectivity index (χ2n) is 6.84. The van der Waals surface area contributed by atoms with E-state index in [0.29, 0.717) is 24.0 Å². The average Bonchev–Trinajstić information content (AvgIpc) is 2.72. The number of ether oxygens (including phenoxy) is 2. The zero-order valence-corrected chi connectivity index (χ0v) is 17.0. The topological polar surface area (TPSA) is 89.0 Å². The van der Waals surface area contributed by atoms with Crippen molar-refractivity contribution in [3.05, 3.63) is 54.1 Å². The van der Waals surface area contributed by atoms with Crippen molar-refractivity contribution in [1.82, 2.24) is 5.43 Å². The molecule has 0 spiro atoms. The molecule has 2 amide bonds. The van der Waals surface area contributed by atoms with Gasteiger partial charge in [0.1, 0.15) is 11.5 Å². The normalized spacial score (nSPS) is 10.8. The number of hydrogen-bond acceptors (Lipinski definition) is 5. The van der Waals surface area contributed by atoms with Gasteiger partial charge in [-0.25, -0.2) is 5.43 Å². The lowest BCUT2D eigenvalue weighted by Crippen LogP contribution is -2.20. The van der Waals surface area contributed by atoms with Crippen molar-refractivity contribution in [2.45, 2.75) is 26.7 Å². The number of anilines is 1. The van der Waals surface area contributed by atoms with E-state index in [1.807, 2.05) is 24.3 Å². The molecule has 0 fully saturated rings. The Hall–Kier alpha value is -3.35. The van der Waals surface area contributed by atoms with Crippen LogP contribution in [0, 0.1) is 5.92 Å². The van der Waals surface area contributed by atoms with E-state index in [1.165, 1.54) is 0 Å². The van der Waals surface area contributed by atoms with E-state index in [4.69, 9.17) is 9.47 Å². The highest BCUT2D eigenvalue weighted by Crippen LogP contribution is 2.15. The van der Waals surface area contributed by atoms with Crippen LogP contribution in [0.1, 0.15) is 32.3 Å². The molecule has 0 aromatic heterocycles. The molecule has 154 valence electrons. The van der Waals surface area contributed by atoms with Crippen molar-refractivity contribution in [3.8, 4) is 11.5 Å². The number of amides is 2. The van der Waals surface area contributed by atoms with Crippen LogP contribution in [0.15, 0.2) is 53.6 Å². The van der Waals surface area contributed by atoms with E-state index in [1.54, 1.807) is 37.6 Å². The molecule has 7 nitrogen and oxygen atoms in total. The van der Waals surface area contributed by atoms with Crippen LogP contribution in [0.2, 0.25) is 0 Å². The molecular formula is C22H27N3O4. The fraction of sp³-hybridized carbons (Fsp3) is 0.318. The first-order valence-electron chi connectivity index (χ1n) is 9.45. The molecule has 0 aliphatic carbocycles. The van der Waals surface area contributed by atoms with Gasteiger partial charge in [0, 0.05) is 18.5 Å². The van der Waals surface area contributed by atoms with E-state index in [9.17, 15) is 9.59 Å². The third-order valence-corrected chi connectivity index (χ3v) is 3.82. The summed E-state index contributed by atoms with van der Waals surface area (Å²) < 4.78 is 10.7. The van der Waals surface area contributed by atoms with E-state index in [0.717, 1.165) is 11.3 Å². The zero-order chi connectivity index (χ0) is 21.1. The van der Waals surface area contributed by atoms with Gasteiger partial charge in [-0.05, 0) is 60.0 Å². The minimum atomic E-state index is -0.331. The highest BCUT2D eigenvalue weighted by atomic mass is 16.5. The summed E-state index contributed by atoms with van der Waals surface area (Å²) in [4.78, 5) is 23.8. The summed E-state index contributed by atoms with van der Waals surface area (Å²) in [5, 5.41) is 6.64. The van der Waals surface area contributed by atoms with Gasteiger partial charge < -0.3 is 14.8 Å². The van der Waals surface area contributed by atoms with Crippen molar-refractivity contribution in [1.29, 1.82) is 0 Å². The number of benzene rings is 2. The minimum absolute atomic E-state index is 0.0430. The lowest BCUT2D eigenvalue weighted by atomic mass is 10.2. The van der Waals surface area contributed by atoms with Crippen LogP contribution in [0.3, 0.4) is 0 Å². The summed E-state index contributed by atoms with van der Waals surface area (Å²) in [7, 11) is 1.58. The number of rotatable bonds is 10. The number of nitrogens with zero attached hydrogens (tertiary/aromatic N) is 1. The Morgan fingerprint density at radius 3 is 2.21 bits per heavy atom. The van der Waals surface area contributed by atoms with Crippen LogP contribution in [-0.4, -0.2) is 31.7 Å². The summed E-state index contributed by atoms with van der Waals surface area (Å²) in [5.41, 5.74) is 3.90. The molecule has 0 atom stereocenters. The lowest BCUT2D eigenvalue weighted by Gasteiger charge is -2.08. The van der Waals surface area contributed by atoms with E-state index in [2.05, 4.69) is 29.7 Å². The molecule has 0 saturated heterocycles. The quantitative estimate of drug-likeness (QED) is 0.474. The Morgan fingerprint density at radius 2 is 1.59 bits per heavy atom. The number of carbonyl (C=O) groups excluding carboxylic acids is 2. The standard InChI is InChI=1S/C22H27N3O4/c1-16(2)15-29-20-8-4-17(5-9-20)14-23-25-22(27)13-12-21(26)24-18-6-10-19(28-3)11-7-18/h4-11,14,16H,12-13,15H2,1-3H3,(H,24,26)(H,25,27). The predicted octanol–water partition coefficient (Wildman–Crippen LogP) is 3.60. The SMILES string of the molecule is COc1ccc(NC(=O)CCC(=O)NN=Cc2ccc(OCC(C)C)cc2)cc1. The molecule has 29 heavy (non-hydrogen) atoms. The molecule has 2 rings (SSSR count). The molecule has 0 aliphatic heterocycles. The lowest BCUT2D eigenvalue weighted by molar-refractivity contribution is -0.124. The molecule has 0 heterocycles. The Bertz CT molecular complexity index is 815. The number of carbonyl (C=O) groups is 2. The first-order chi connectivity index (χ1) is 14.0. The van der Waals surface area contributed by atoms with E-state index >= 15 is 0 Å². The van der Waals surface area contributed by atoms with Gasteiger partial charge in [-0.2, -0.15) is 5.10 Å². The van der Waals surface area contributed by atoms with Crippen LogP contribution < -0.4 is 20.2 Å². The molecule has 0 bridgehead atoms. The summed E-state index contributed by atoms with van der Waals surface area (Å²) in [5.74, 6) is 1.39. The fourth-order valence-electron chi connectivity index (χ4n) is 2.27. The van der Waals surface area contributed by atoms with Gasteiger partial charge >= 0.3 is 0 Å². The summed E-state index contributed by atoms with van der Waals surface area (Å²) in [6.07, 6.45) is 1.65. The van der Waals surface area contributed by atoms with Gasteiger partial charge in [-0.1, -0.05) is 13.8 Å². The van der Waals surface area contributed by atoms with Crippen molar-refractivity contribution in [2.75, 3.05) is 19.0 Å². The van der Waals surface area contributed by atoms with E-state index in [-0.39, 0.29) is 24.7 Å². The minimum Gasteiger partial charge on any atom is -0.497 e. The fourth-order valence-corrected chi connectivity index (χ4v) is 2.27. The molecule has 2 aromatic rings. The molecule has 0 saturated carbocycles. The van der Waals surface area contributed by atoms with Crippen molar-refractivity contribution in [2.24, 2.45) is 11.0 Å². The average molecular weight is 397 g/mol.